The molecule has 0 fully saturated rings. The number of rotatable bonds is 0. The summed E-state index contributed by atoms with van der Waals surface area (Å²) in [6.45, 7) is 5.34. The lowest BCUT2D eigenvalue weighted by molar-refractivity contribution is 0.275. The Labute approximate surface area is 146 Å². The fourth-order valence-electron chi connectivity index (χ4n) is 4.61. The van der Waals surface area contributed by atoms with Gasteiger partial charge in [-0.2, -0.15) is 0 Å². The fourth-order valence-corrected chi connectivity index (χ4v) is 4.61. The molecule has 2 aliphatic rings. The SMILES string of the molecule is Cc1cc(C)c2c(c1)OCC21CCN(C)c2c1c(=O)n(C)c(=O)n2C. The van der Waals surface area contributed by atoms with Gasteiger partial charge in [-0.15, -0.1) is 0 Å². The molecule has 6 nitrogen and oxygen atoms in total. The Morgan fingerprint density at radius 3 is 2.48 bits per heavy atom. The van der Waals surface area contributed by atoms with Gasteiger partial charge in [-0.05, 0) is 37.5 Å². The van der Waals surface area contributed by atoms with Crippen LogP contribution in [-0.2, 0) is 19.5 Å². The predicted octanol–water partition coefficient (Wildman–Crippen LogP) is 1.22. The van der Waals surface area contributed by atoms with Crippen LogP contribution >= 0.6 is 0 Å². The van der Waals surface area contributed by atoms with Gasteiger partial charge >= 0.3 is 5.69 Å². The van der Waals surface area contributed by atoms with Crippen LogP contribution in [0.2, 0.25) is 0 Å². The van der Waals surface area contributed by atoms with Crippen molar-refractivity contribution in [1.29, 1.82) is 0 Å². The summed E-state index contributed by atoms with van der Waals surface area (Å²) in [5.41, 5.74) is 3.05. The molecule has 25 heavy (non-hydrogen) atoms. The molecule has 1 aromatic carbocycles. The van der Waals surface area contributed by atoms with Crippen LogP contribution in [0.5, 0.6) is 5.75 Å². The summed E-state index contributed by atoms with van der Waals surface area (Å²) in [5.74, 6) is 1.57. The van der Waals surface area contributed by atoms with E-state index in [1.807, 2.05) is 24.9 Å². The summed E-state index contributed by atoms with van der Waals surface area (Å²) in [6.07, 6.45) is 0.793. The Kier molecular flexibility index (Phi) is 3.20. The Morgan fingerprint density at radius 1 is 1.04 bits per heavy atom. The van der Waals surface area contributed by atoms with Crippen LogP contribution in [0.15, 0.2) is 21.7 Å². The Hall–Kier alpha value is -2.50. The summed E-state index contributed by atoms with van der Waals surface area (Å²) in [7, 11) is 5.21. The minimum Gasteiger partial charge on any atom is -0.492 e. The Bertz CT molecular complexity index is 1020. The number of hydrogen-bond acceptors (Lipinski definition) is 4. The van der Waals surface area contributed by atoms with E-state index in [0.29, 0.717) is 18.0 Å². The second kappa shape index (κ2) is 5.00. The average Bonchev–Trinajstić information content (AvgIpc) is 2.92. The molecule has 132 valence electrons. The summed E-state index contributed by atoms with van der Waals surface area (Å²) >= 11 is 0. The van der Waals surface area contributed by atoms with Crippen LogP contribution in [0.3, 0.4) is 0 Å². The van der Waals surface area contributed by atoms with Crippen molar-refractivity contribution >= 4 is 5.82 Å². The van der Waals surface area contributed by atoms with Crippen molar-refractivity contribution in [3.63, 3.8) is 0 Å². The highest BCUT2D eigenvalue weighted by atomic mass is 16.5. The summed E-state index contributed by atoms with van der Waals surface area (Å²) < 4.78 is 8.85. The van der Waals surface area contributed by atoms with Crippen LogP contribution in [-0.4, -0.2) is 29.3 Å². The average molecular weight is 341 g/mol. The molecular formula is C19H23N3O3. The maximum absolute atomic E-state index is 13.1. The zero-order chi connectivity index (χ0) is 18.1. The summed E-state index contributed by atoms with van der Waals surface area (Å²) in [5, 5.41) is 0. The number of aryl methyl sites for hydroxylation is 2. The Morgan fingerprint density at radius 2 is 1.76 bits per heavy atom. The predicted molar refractivity (Wildman–Crippen MR) is 97.0 cm³/mol. The van der Waals surface area contributed by atoms with Gasteiger partial charge in [0.2, 0.25) is 0 Å². The van der Waals surface area contributed by atoms with Crippen LogP contribution < -0.4 is 20.9 Å². The van der Waals surface area contributed by atoms with Gasteiger partial charge in [0.1, 0.15) is 18.2 Å². The largest absolute Gasteiger partial charge is 0.492 e. The van der Waals surface area contributed by atoms with Crippen LogP contribution in [0.1, 0.15) is 28.7 Å². The molecule has 2 aliphatic heterocycles. The molecule has 0 bridgehead atoms. The number of nitrogens with zero attached hydrogens (tertiary/aromatic N) is 3. The van der Waals surface area contributed by atoms with Crippen molar-refractivity contribution in [2.24, 2.45) is 14.1 Å². The number of hydrogen-bond donors (Lipinski definition) is 0. The van der Waals surface area contributed by atoms with Gasteiger partial charge in [-0.1, -0.05) is 6.07 Å². The number of benzene rings is 1. The topological polar surface area (TPSA) is 56.5 Å². The quantitative estimate of drug-likeness (QED) is 0.723. The van der Waals surface area contributed by atoms with E-state index in [-0.39, 0.29) is 11.2 Å². The number of aromatic nitrogens is 2. The van der Waals surface area contributed by atoms with Gasteiger partial charge < -0.3 is 9.64 Å². The normalized spacial score (nSPS) is 21.2. The molecule has 0 amide bonds. The van der Waals surface area contributed by atoms with Crippen molar-refractivity contribution < 1.29 is 4.74 Å². The van der Waals surface area contributed by atoms with E-state index in [1.54, 1.807) is 18.7 Å². The lowest BCUT2D eigenvalue weighted by Crippen LogP contribution is -2.52. The molecule has 0 saturated heterocycles. The molecule has 0 radical (unpaired) electrons. The van der Waals surface area contributed by atoms with Gasteiger partial charge in [0.05, 0.1) is 11.0 Å². The first-order chi connectivity index (χ1) is 11.8. The van der Waals surface area contributed by atoms with Crippen LogP contribution in [0.4, 0.5) is 5.82 Å². The maximum atomic E-state index is 13.1. The standard InChI is InChI=1S/C19H23N3O3/c1-11-8-12(2)14-13(9-11)25-10-19(14)6-7-20(3)16-15(19)17(23)22(5)18(24)21(16)4/h8-9H,6-7,10H2,1-5H3. The van der Waals surface area contributed by atoms with Crippen molar-refractivity contribution in [3.8, 4) is 5.75 Å². The molecule has 4 rings (SSSR count). The van der Waals surface area contributed by atoms with Gasteiger partial charge in [0.25, 0.3) is 5.56 Å². The summed E-state index contributed by atoms with van der Waals surface area (Å²) in [4.78, 5) is 27.6. The molecule has 1 aromatic heterocycles. The summed E-state index contributed by atoms with van der Waals surface area (Å²) in [6, 6.07) is 4.18. The molecule has 1 spiro atoms. The number of ether oxygens (including phenoxy) is 1. The van der Waals surface area contributed by atoms with E-state index < -0.39 is 5.41 Å². The minimum atomic E-state index is -0.491. The zero-order valence-electron chi connectivity index (χ0n) is 15.3. The minimum absolute atomic E-state index is 0.221. The highest BCUT2D eigenvalue weighted by Crippen LogP contribution is 2.50. The van der Waals surface area contributed by atoms with Crippen molar-refractivity contribution in [2.75, 3.05) is 25.1 Å². The number of anilines is 1. The highest BCUT2D eigenvalue weighted by Gasteiger charge is 2.50. The first kappa shape index (κ1) is 16.0. The lowest BCUT2D eigenvalue weighted by atomic mass is 9.70. The molecule has 1 atom stereocenters. The van der Waals surface area contributed by atoms with Gasteiger partial charge in [0, 0.05) is 33.3 Å². The lowest BCUT2D eigenvalue weighted by Gasteiger charge is -2.40. The van der Waals surface area contributed by atoms with E-state index >= 15 is 0 Å². The van der Waals surface area contributed by atoms with Crippen molar-refractivity contribution in [3.05, 3.63) is 55.2 Å². The molecule has 6 heteroatoms. The molecular weight excluding hydrogens is 318 g/mol. The maximum Gasteiger partial charge on any atom is 0.332 e. The van der Waals surface area contributed by atoms with E-state index in [1.165, 1.54) is 4.57 Å². The molecule has 0 N–H and O–H groups in total. The first-order valence-electron chi connectivity index (χ1n) is 8.54. The van der Waals surface area contributed by atoms with Gasteiger partial charge in [0.15, 0.2) is 0 Å². The van der Waals surface area contributed by atoms with E-state index in [2.05, 4.69) is 13.0 Å². The third-order valence-corrected chi connectivity index (χ3v) is 5.74. The van der Waals surface area contributed by atoms with Crippen LogP contribution in [0.25, 0.3) is 0 Å². The van der Waals surface area contributed by atoms with Crippen LogP contribution in [0, 0.1) is 13.8 Å². The van der Waals surface area contributed by atoms with Gasteiger partial charge in [-0.3, -0.25) is 13.9 Å². The Balaban J connectivity index is 2.14. The second-order valence-electron chi connectivity index (χ2n) is 7.40. The van der Waals surface area contributed by atoms with Crippen molar-refractivity contribution in [1.82, 2.24) is 9.13 Å². The fraction of sp³-hybridized carbons (Fsp3) is 0.474. The molecule has 0 saturated carbocycles. The smallest absolute Gasteiger partial charge is 0.332 e. The molecule has 3 heterocycles. The third kappa shape index (κ3) is 1.91. The third-order valence-electron chi connectivity index (χ3n) is 5.74. The van der Waals surface area contributed by atoms with E-state index in [0.717, 1.165) is 35.4 Å². The monoisotopic (exact) mass is 341 g/mol. The zero-order valence-corrected chi connectivity index (χ0v) is 15.3. The van der Waals surface area contributed by atoms with Crippen molar-refractivity contribution in [2.45, 2.75) is 25.7 Å². The van der Waals surface area contributed by atoms with E-state index in [9.17, 15) is 9.59 Å². The first-order valence-corrected chi connectivity index (χ1v) is 8.54. The highest BCUT2D eigenvalue weighted by molar-refractivity contribution is 5.63. The van der Waals surface area contributed by atoms with Gasteiger partial charge in [-0.25, -0.2) is 4.79 Å². The second-order valence-corrected chi connectivity index (χ2v) is 7.40. The molecule has 2 aromatic rings. The number of fused-ring (bicyclic) bond motifs is 4. The molecule has 1 unspecified atom stereocenters. The molecule has 0 aliphatic carbocycles. The van der Waals surface area contributed by atoms with E-state index in [4.69, 9.17) is 4.74 Å².